The van der Waals surface area contributed by atoms with E-state index in [1.165, 1.54) is 12.1 Å². The molecule has 0 atom stereocenters. The maximum atomic E-state index is 12.4. The third kappa shape index (κ3) is 1.70. The van der Waals surface area contributed by atoms with Crippen LogP contribution in [0.2, 0.25) is 0 Å². The number of rotatable bonds is 2. The molecule has 0 aliphatic heterocycles. The summed E-state index contributed by atoms with van der Waals surface area (Å²) in [6.07, 6.45) is 3.20. The summed E-state index contributed by atoms with van der Waals surface area (Å²) < 4.78 is 17.7. The predicted octanol–water partition coefficient (Wildman–Crippen LogP) is 2.53. The third-order valence-electron chi connectivity index (χ3n) is 1.53. The van der Waals surface area contributed by atoms with E-state index in [4.69, 9.17) is 4.74 Å². The summed E-state index contributed by atoms with van der Waals surface area (Å²) in [5.74, 6) is 0.511. The molecule has 1 aliphatic rings. The molecule has 2 heteroatoms. The van der Waals surface area contributed by atoms with Crippen molar-refractivity contribution in [2.24, 2.45) is 0 Å². The van der Waals surface area contributed by atoms with E-state index in [-0.39, 0.29) is 5.82 Å². The Labute approximate surface area is 64.8 Å². The van der Waals surface area contributed by atoms with Crippen molar-refractivity contribution >= 4 is 0 Å². The van der Waals surface area contributed by atoms with Crippen LogP contribution in [-0.2, 0) is 0 Å². The number of ether oxygens (including phenoxy) is 1. The van der Waals surface area contributed by atoms with Gasteiger partial charge in [0.25, 0.3) is 0 Å². The molecule has 1 radical (unpaired) electrons. The van der Waals surface area contributed by atoms with E-state index in [1.54, 1.807) is 12.1 Å². The first-order valence-electron chi connectivity index (χ1n) is 3.63. The van der Waals surface area contributed by atoms with Gasteiger partial charge in [-0.1, -0.05) is 0 Å². The van der Waals surface area contributed by atoms with Gasteiger partial charge in [-0.15, -0.1) is 0 Å². The van der Waals surface area contributed by atoms with E-state index in [2.05, 4.69) is 0 Å². The van der Waals surface area contributed by atoms with Crippen LogP contribution in [0.15, 0.2) is 24.3 Å². The number of hydrogen-bond acceptors (Lipinski definition) is 1. The van der Waals surface area contributed by atoms with Crippen molar-refractivity contribution in [1.82, 2.24) is 0 Å². The largest absolute Gasteiger partial charge is 0.483 e. The predicted molar refractivity (Wildman–Crippen MR) is 39.5 cm³/mol. The number of halogens is 1. The quantitative estimate of drug-likeness (QED) is 0.631. The van der Waals surface area contributed by atoms with Gasteiger partial charge in [-0.2, -0.15) is 0 Å². The molecule has 0 spiro atoms. The van der Waals surface area contributed by atoms with Gasteiger partial charge in [0.15, 0.2) is 0 Å². The van der Waals surface area contributed by atoms with Gasteiger partial charge in [0.05, 0.1) is 0 Å². The van der Waals surface area contributed by atoms with Gasteiger partial charge in [-0.05, 0) is 37.1 Å². The summed E-state index contributed by atoms with van der Waals surface area (Å²) in [5, 5.41) is 0. The van der Waals surface area contributed by atoms with Gasteiger partial charge in [-0.25, -0.2) is 4.39 Å². The molecular formula is C9H8FO. The fourth-order valence-electron chi connectivity index (χ4n) is 0.822. The van der Waals surface area contributed by atoms with E-state index < -0.39 is 0 Å². The van der Waals surface area contributed by atoms with Crippen LogP contribution < -0.4 is 4.74 Å². The first-order valence-corrected chi connectivity index (χ1v) is 3.63. The minimum absolute atomic E-state index is 0.224. The molecule has 1 nitrogen and oxygen atoms in total. The Morgan fingerprint density at radius 2 is 1.73 bits per heavy atom. The van der Waals surface area contributed by atoms with Crippen molar-refractivity contribution in [2.45, 2.75) is 12.8 Å². The van der Waals surface area contributed by atoms with Crippen molar-refractivity contribution in [3.8, 4) is 5.75 Å². The second-order valence-corrected chi connectivity index (χ2v) is 2.59. The summed E-state index contributed by atoms with van der Waals surface area (Å²) in [5.41, 5.74) is 0. The zero-order valence-corrected chi connectivity index (χ0v) is 6.01. The van der Waals surface area contributed by atoms with Crippen molar-refractivity contribution in [3.63, 3.8) is 0 Å². The molecule has 0 aromatic heterocycles. The van der Waals surface area contributed by atoms with Gasteiger partial charge in [0.2, 0.25) is 0 Å². The molecule has 1 aliphatic carbocycles. The summed E-state index contributed by atoms with van der Waals surface area (Å²) in [4.78, 5) is 0. The van der Waals surface area contributed by atoms with Crippen LogP contribution in [0.25, 0.3) is 0 Å². The Kier molecular flexibility index (Phi) is 1.53. The van der Waals surface area contributed by atoms with Crippen LogP contribution in [0, 0.1) is 11.9 Å². The van der Waals surface area contributed by atoms with Crippen LogP contribution in [0.1, 0.15) is 12.8 Å². The first kappa shape index (κ1) is 6.65. The van der Waals surface area contributed by atoms with Gasteiger partial charge >= 0.3 is 0 Å². The number of hydrogen-bond donors (Lipinski definition) is 0. The van der Waals surface area contributed by atoms with Crippen LogP contribution >= 0.6 is 0 Å². The average Bonchev–Trinajstić information content (AvgIpc) is 2.78. The minimum Gasteiger partial charge on any atom is -0.483 e. The second kappa shape index (κ2) is 2.53. The Morgan fingerprint density at radius 3 is 2.27 bits per heavy atom. The van der Waals surface area contributed by atoms with Crippen LogP contribution in [-0.4, -0.2) is 0 Å². The second-order valence-electron chi connectivity index (χ2n) is 2.59. The molecule has 57 valence electrons. The van der Waals surface area contributed by atoms with Gasteiger partial charge in [0.1, 0.15) is 17.7 Å². The molecule has 1 fully saturated rings. The highest BCUT2D eigenvalue weighted by molar-refractivity contribution is 5.24. The fraction of sp³-hybridized carbons (Fsp3) is 0.222. The van der Waals surface area contributed by atoms with E-state index >= 15 is 0 Å². The fourth-order valence-corrected chi connectivity index (χ4v) is 0.822. The Morgan fingerprint density at radius 1 is 1.09 bits per heavy atom. The standard InChI is InChI=1S/C9H8FO/c10-7-1-3-8(4-2-7)11-9-5-6-9/h1-4H,5-6H2. The van der Waals surface area contributed by atoms with Crippen LogP contribution in [0.4, 0.5) is 4.39 Å². The molecule has 1 aromatic carbocycles. The number of benzene rings is 1. The third-order valence-corrected chi connectivity index (χ3v) is 1.53. The van der Waals surface area contributed by atoms with E-state index in [1.807, 2.05) is 0 Å². The zero-order valence-electron chi connectivity index (χ0n) is 6.01. The lowest BCUT2D eigenvalue weighted by molar-refractivity contribution is 0.392. The molecule has 11 heavy (non-hydrogen) atoms. The normalized spacial score (nSPS) is 16.5. The van der Waals surface area contributed by atoms with Crippen LogP contribution in [0.5, 0.6) is 5.75 Å². The lowest BCUT2D eigenvalue weighted by atomic mass is 10.3. The topological polar surface area (TPSA) is 9.23 Å². The smallest absolute Gasteiger partial charge is 0.149 e. The molecule has 1 saturated carbocycles. The monoisotopic (exact) mass is 151 g/mol. The van der Waals surface area contributed by atoms with Gasteiger partial charge in [-0.3, -0.25) is 0 Å². The first-order chi connectivity index (χ1) is 5.34. The molecule has 0 N–H and O–H groups in total. The van der Waals surface area contributed by atoms with Gasteiger partial charge in [0, 0.05) is 0 Å². The Hall–Kier alpha value is -1.05. The van der Waals surface area contributed by atoms with Crippen molar-refractivity contribution in [3.05, 3.63) is 36.2 Å². The maximum Gasteiger partial charge on any atom is 0.149 e. The molecule has 1 aromatic rings. The molecule has 2 rings (SSSR count). The lowest BCUT2D eigenvalue weighted by Crippen LogP contribution is -1.87. The van der Waals surface area contributed by atoms with Crippen molar-refractivity contribution in [2.75, 3.05) is 0 Å². The highest BCUT2D eigenvalue weighted by Gasteiger charge is 2.25. The Bertz CT molecular complexity index is 238. The molecule has 0 heterocycles. The van der Waals surface area contributed by atoms with E-state index in [9.17, 15) is 4.39 Å². The highest BCUT2D eigenvalue weighted by atomic mass is 19.1. The van der Waals surface area contributed by atoms with Crippen molar-refractivity contribution in [1.29, 1.82) is 0 Å². The zero-order chi connectivity index (χ0) is 7.68. The summed E-state index contributed by atoms with van der Waals surface area (Å²) >= 11 is 0. The summed E-state index contributed by atoms with van der Waals surface area (Å²) in [6.45, 7) is 0. The summed E-state index contributed by atoms with van der Waals surface area (Å²) in [6, 6.07) is 6.08. The SMILES string of the molecule is Fc1ccc(O[C]2CC2)cc1. The van der Waals surface area contributed by atoms with Gasteiger partial charge < -0.3 is 4.74 Å². The highest BCUT2D eigenvalue weighted by Crippen LogP contribution is 2.34. The minimum atomic E-state index is -0.224. The van der Waals surface area contributed by atoms with E-state index in [0.717, 1.165) is 24.7 Å². The molecule has 0 bridgehead atoms. The molecule has 0 unspecified atom stereocenters. The lowest BCUT2D eigenvalue weighted by Gasteiger charge is -2.00. The average molecular weight is 151 g/mol. The van der Waals surface area contributed by atoms with Crippen molar-refractivity contribution < 1.29 is 9.13 Å². The van der Waals surface area contributed by atoms with E-state index in [0.29, 0.717) is 0 Å². The summed E-state index contributed by atoms with van der Waals surface area (Å²) in [7, 11) is 0. The molecule has 0 saturated heterocycles. The Balaban J connectivity index is 2.06. The van der Waals surface area contributed by atoms with Crippen LogP contribution in [0.3, 0.4) is 0 Å². The maximum absolute atomic E-state index is 12.4. The molecular weight excluding hydrogens is 143 g/mol. The molecule has 0 amide bonds.